The van der Waals surface area contributed by atoms with E-state index in [1.165, 1.54) is 13.8 Å². The number of ether oxygens (including phenoxy) is 12. The molecule has 0 saturated carbocycles. The van der Waals surface area contributed by atoms with Crippen molar-refractivity contribution in [2.45, 2.75) is 168 Å². The van der Waals surface area contributed by atoms with Crippen molar-refractivity contribution in [2.24, 2.45) is 35.5 Å². The third-order valence-electron chi connectivity index (χ3n) is 13.0. The van der Waals surface area contributed by atoms with Crippen LogP contribution in [-0.2, 0) is 66.4 Å². The van der Waals surface area contributed by atoms with Crippen LogP contribution < -0.4 is 0 Å². The Hall–Kier alpha value is -1.50. The Balaban J connectivity index is 1.32. The quantitative estimate of drug-likeness (QED) is 0.270. The monoisotopic (exact) mass is 774 g/mol. The molecule has 15 nitrogen and oxygen atoms in total. The number of methoxy groups -OCH3 is 2. The molecular weight excluding hydrogens is 708 g/mol. The molecule has 6 saturated heterocycles. The number of aliphatic hydroxyl groups is 1. The molecule has 0 aliphatic carbocycles. The minimum atomic E-state index is -0.905. The summed E-state index contributed by atoms with van der Waals surface area (Å²) in [7, 11) is 3.17. The van der Waals surface area contributed by atoms with E-state index in [2.05, 4.69) is 20.8 Å². The van der Waals surface area contributed by atoms with Crippen molar-refractivity contribution in [3.05, 3.63) is 0 Å². The number of esters is 2. The summed E-state index contributed by atoms with van der Waals surface area (Å²) < 4.78 is 74.9. The van der Waals surface area contributed by atoms with Gasteiger partial charge in [0.2, 0.25) is 0 Å². The van der Waals surface area contributed by atoms with Gasteiger partial charge in [0.05, 0.1) is 36.6 Å². The van der Waals surface area contributed by atoms with E-state index in [1.54, 1.807) is 14.2 Å². The molecule has 0 spiro atoms. The third kappa shape index (κ3) is 8.66. The van der Waals surface area contributed by atoms with E-state index < -0.39 is 97.1 Å². The van der Waals surface area contributed by atoms with Crippen molar-refractivity contribution < 1.29 is 71.5 Å². The normalized spacial score (nSPS) is 49.4. The van der Waals surface area contributed by atoms with Crippen LogP contribution in [0.5, 0.6) is 0 Å². The fourth-order valence-corrected chi connectivity index (χ4v) is 8.96. The molecule has 6 fully saturated rings. The average Bonchev–Trinajstić information content (AvgIpc) is 3.12. The Bertz CT molecular complexity index is 1270. The molecule has 0 amide bonds. The molecule has 6 aliphatic heterocycles. The van der Waals surface area contributed by atoms with Gasteiger partial charge in [0.25, 0.3) is 0 Å². The molecule has 0 radical (unpaired) electrons. The van der Waals surface area contributed by atoms with Crippen molar-refractivity contribution in [3.8, 4) is 0 Å². The Kier molecular flexibility index (Phi) is 14.2. The van der Waals surface area contributed by atoms with Crippen molar-refractivity contribution >= 4 is 11.9 Å². The van der Waals surface area contributed by atoms with Gasteiger partial charge in [-0.1, -0.05) is 48.5 Å². The molecule has 0 aromatic carbocycles. The first kappa shape index (κ1) is 43.6. The van der Waals surface area contributed by atoms with Gasteiger partial charge in [-0.15, -0.1) is 0 Å². The topological polar surface area (TPSA) is 165 Å². The zero-order valence-electron chi connectivity index (χ0n) is 34.4. The fraction of sp³-hybridized carbons (Fsp3) is 0.949. The lowest BCUT2D eigenvalue weighted by Gasteiger charge is -2.58. The maximum absolute atomic E-state index is 12.0. The minimum Gasteiger partial charge on any atom is -0.463 e. The van der Waals surface area contributed by atoms with E-state index in [-0.39, 0.29) is 55.3 Å². The highest BCUT2D eigenvalue weighted by Crippen LogP contribution is 2.47. The van der Waals surface area contributed by atoms with Gasteiger partial charge in [0.15, 0.2) is 25.2 Å². The maximum Gasteiger partial charge on any atom is 0.302 e. The summed E-state index contributed by atoms with van der Waals surface area (Å²) in [5, 5.41) is 11.1. The Morgan fingerprint density at radius 2 is 1.20 bits per heavy atom. The van der Waals surface area contributed by atoms with E-state index in [9.17, 15) is 14.7 Å². The molecule has 8 unspecified atom stereocenters. The molecule has 15 heteroatoms. The maximum atomic E-state index is 12.0. The zero-order chi connectivity index (χ0) is 39.9. The Morgan fingerprint density at radius 3 is 1.70 bits per heavy atom. The number of hydrogen-bond acceptors (Lipinski definition) is 15. The summed E-state index contributed by atoms with van der Waals surface area (Å²) in [6.07, 6.45) is -6.66. The standard InChI is InChI=1S/C39H66O15/c1-14-38(10)32(42)22(6)30(43-12)36(53-38)50-29-19(3)21(5)35(49-27(29)16-46-25(9)41)52-33-23(7)31-37(54-39(33,11)17-47-31)51-28-18(2)20(4)34(44-13)48-26(28)15-45-24(8)40/h18-23,26-37,42H,14-17H2,1-13H3/t18-,19-,20?,21?,22-,23?,26?,27?,28+,29+,30?,31-,32+,33+,34+,35+,36-,37-,38?,39?/m1/s1. The van der Waals surface area contributed by atoms with Crippen molar-refractivity contribution in [2.75, 3.05) is 34.0 Å². The number of carbonyl (C=O) groups is 2. The molecular formula is C39H66O15. The number of carbonyl (C=O) groups excluding carboxylic acids is 2. The minimum absolute atomic E-state index is 0.00440. The average molecular weight is 775 g/mol. The molecule has 2 bridgehead atoms. The van der Waals surface area contributed by atoms with Crippen LogP contribution >= 0.6 is 0 Å². The Morgan fingerprint density at radius 1 is 0.667 bits per heavy atom. The summed E-state index contributed by atoms with van der Waals surface area (Å²) in [4.78, 5) is 23.8. The van der Waals surface area contributed by atoms with Gasteiger partial charge in [-0.3, -0.25) is 9.59 Å². The number of hydrogen-bond donors (Lipinski definition) is 1. The van der Waals surface area contributed by atoms with E-state index >= 15 is 0 Å². The van der Waals surface area contributed by atoms with Crippen LogP contribution in [0.1, 0.15) is 82.6 Å². The lowest BCUT2D eigenvalue weighted by atomic mass is 9.79. The van der Waals surface area contributed by atoms with Crippen LogP contribution in [0.3, 0.4) is 0 Å². The second kappa shape index (κ2) is 17.6. The van der Waals surface area contributed by atoms with Crippen molar-refractivity contribution in [1.82, 2.24) is 0 Å². The van der Waals surface area contributed by atoms with Crippen LogP contribution in [0.15, 0.2) is 0 Å². The first-order valence-corrected chi connectivity index (χ1v) is 19.6. The molecule has 54 heavy (non-hydrogen) atoms. The summed E-state index contributed by atoms with van der Waals surface area (Å²) >= 11 is 0. The van der Waals surface area contributed by atoms with Crippen LogP contribution in [0, 0.1) is 35.5 Å². The molecule has 6 rings (SSSR count). The highest BCUT2D eigenvalue weighted by atomic mass is 16.8. The summed E-state index contributed by atoms with van der Waals surface area (Å²) in [6, 6.07) is 0. The number of fused-ring (bicyclic) bond motifs is 3. The number of aliphatic hydroxyl groups excluding tert-OH is 1. The molecule has 6 aliphatic rings. The van der Waals surface area contributed by atoms with Crippen LogP contribution in [0.25, 0.3) is 0 Å². The van der Waals surface area contributed by atoms with Gasteiger partial charge in [-0.25, -0.2) is 0 Å². The highest BCUT2D eigenvalue weighted by Gasteiger charge is 2.60. The highest BCUT2D eigenvalue weighted by molar-refractivity contribution is 5.66. The summed E-state index contributed by atoms with van der Waals surface area (Å²) in [5.74, 6) is -1.63. The van der Waals surface area contributed by atoms with Crippen LogP contribution in [0.4, 0.5) is 0 Å². The summed E-state index contributed by atoms with van der Waals surface area (Å²) in [5.41, 5.74) is -1.75. The predicted octanol–water partition coefficient (Wildman–Crippen LogP) is 3.60. The Labute approximate surface area is 320 Å². The predicted molar refractivity (Wildman–Crippen MR) is 191 cm³/mol. The van der Waals surface area contributed by atoms with Gasteiger partial charge in [-0.2, -0.15) is 0 Å². The largest absolute Gasteiger partial charge is 0.463 e. The lowest BCUT2D eigenvalue weighted by molar-refractivity contribution is -0.420. The zero-order valence-corrected chi connectivity index (χ0v) is 34.4. The van der Waals surface area contributed by atoms with E-state index in [0.717, 1.165) is 0 Å². The van der Waals surface area contributed by atoms with Gasteiger partial charge >= 0.3 is 11.9 Å². The summed E-state index contributed by atoms with van der Waals surface area (Å²) in [6.45, 7) is 20.9. The van der Waals surface area contributed by atoms with Crippen molar-refractivity contribution in [3.63, 3.8) is 0 Å². The van der Waals surface area contributed by atoms with Crippen molar-refractivity contribution in [1.29, 1.82) is 0 Å². The van der Waals surface area contributed by atoms with Gasteiger partial charge in [-0.05, 0) is 32.1 Å². The first-order chi connectivity index (χ1) is 25.4. The fourth-order valence-electron chi connectivity index (χ4n) is 8.96. The van der Waals surface area contributed by atoms with Gasteiger partial charge < -0.3 is 61.9 Å². The second-order valence-corrected chi connectivity index (χ2v) is 16.7. The molecule has 0 aromatic rings. The van der Waals surface area contributed by atoms with Gasteiger partial charge in [0, 0.05) is 51.7 Å². The smallest absolute Gasteiger partial charge is 0.302 e. The first-order valence-electron chi connectivity index (χ1n) is 19.6. The molecule has 312 valence electrons. The van der Waals surface area contributed by atoms with E-state index in [1.807, 2.05) is 41.5 Å². The molecule has 20 atom stereocenters. The molecule has 6 heterocycles. The van der Waals surface area contributed by atoms with E-state index in [4.69, 9.17) is 56.8 Å². The third-order valence-corrected chi connectivity index (χ3v) is 13.0. The molecule has 1 N–H and O–H groups in total. The lowest BCUT2D eigenvalue weighted by Crippen LogP contribution is -2.71. The van der Waals surface area contributed by atoms with Crippen LogP contribution in [-0.4, -0.2) is 136 Å². The van der Waals surface area contributed by atoms with Gasteiger partial charge in [0.1, 0.15) is 43.2 Å². The van der Waals surface area contributed by atoms with E-state index in [0.29, 0.717) is 6.42 Å². The second-order valence-electron chi connectivity index (χ2n) is 16.7. The van der Waals surface area contributed by atoms with Crippen LogP contribution in [0.2, 0.25) is 0 Å². The molecule has 0 aromatic heterocycles. The SMILES string of the molecule is CCC1(C)O[C@@H](O[C@@H]2C(COC(C)=O)O[C@@H](O[C@H]3C(C)[C@H]4OCC3(C)O[C@H]4O[C@@H]3C(COC(C)=O)O[C@H](OC)C(C)[C@H]3C)C(C)[C@H]2C)C(OC)[C@@H](C)[C@@H]1O. The number of rotatable bonds is 13.